The van der Waals surface area contributed by atoms with Crippen LogP contribution in [-0.2, 0) is 6.54 Å². The highest BCUT2D eigenvalue weighted by molar-refractivity contribution is 7.17. The average molecular weight is 266 g/mol. The van der Waals surface area contributed by atoms with Crippen molar-refractivity contribution in [1.82, 2.24) is 4.98 Å². The molecule has 0 aromatic carbocycles. The Hall–Kier alpha value is -1.82. The van der Waals surface area contributed by atoms with E-state index in [1.807, 2.05) is 24.9 Å². The third-order valence-corrected chi connectivity index (χ3v) is 3.94. The largest absolute Gasteiger partial charge is 0.477 e. The van der Waals surface area contributed by atoms with Gasteiger partial charge < -0.3 is 14.4 Å². The maximum Gasteiger partial charge on any atom is 0.347 e. The molecule has 0 atom stereocenters. The summed E-state index contributed by atoms with van der Waals surface area (Å²) >= 11 is 1.19. The van der Waals surface area contributed by atoms with Crippen LogP contribution in [0.1, 0.15) is 26.7 Å². The van der Waals surface area contributed by atoms with Crippen molar-refractivity contribution >= 4 is 22.4 Å². The third kappa shape index (κ3) is 2.38. The van der Waals surface area contributed by atoms with Crippen LogP contribution in [0.25, 0.3) is 0 Å². The molecule has 5 nitrogen and oxygen atoms in total. The third-order valence-electron chi connectivity index (χ3n) is 2.68. The minimum absolute atomic E-state index is 0.292. The van der Waals surface area contributed by atoms with Crippen LogP contribution in [0.15, 0.2) is 16.7 Å². The molecular formula is C12H14N2O3S. The molecule has 0 unspecified atom stereocenters. The fraction of sp³-hybridized carbons (Fsp3) is 0.333. The zero-order valence-electron chi connectivity index (χ0n) is 10.4. The summed E-state index contributed by atoms with van der Waals surface area (Å²) in [5, 5.41) is 9.70. The van der Waals surface area contributed by atoms with Gasteiger partial charge >= 0.3 is 5.97 Å². The van der Waals surface area contributed by atoms with Crippen LogP contribution in [-0.4, -0.2) is 23.1 Å². The number of furan rings is 1. The zero-order valence-corrected chi connectivity index (χ0v) is 11.2. The molecule has 0 bridgehead atoms. The van der Waals surface area contributed by atoms with Crippen LogP contribution < -0.4 is 4.90 Å². The first-order chi connectivity index (χ1) is 8.49. The van der Waals surface area contributed by atoms with Gasteiger partial charge in [0, 0.05) is 19.2 Å². The van der Waals surface area contributed by atoms with E-state index < -0.39 is 5.97 Å². The van der Waals surface area contributed by atoms with Gasteiger partial charge in [-0.25, -0.2) is 9.78 Å². The molecule has 0 aliphatic heterocycles. The second kappa shape index (κ2) is 4.81. The zero-order chi connectivity index (χ0) is 13.3. The number of carboxylic acids is 1. The van der Waals surface area contributed by atoms with Gasteiger partial charge in [-0.05, 0) is 19.9 Å². The molecular weight excluding hydrogens is 252 g/mol. The van der Waals surface area contributed by atoms with Crippen molar-refractivity contribution in [2.24, 2.45) is 0 Å². The number of hydrogen-bond acceptors (Lipinski definition) is 5. The highest BCUT2D eigenvalue weighted by atomic mass is 32.1. The molecule has 2 rings (SSSR count). The van der Waals surface area contributed by atoms with Gasteiger partial charge in [-0.3, -0.25) is 0 Å². The fourth-order valence-corrected chi connectivity index (χ4v) is 2.51. The summed E-state index contributed by atoms with van der Waals surface area (Å²) in [7, 11) is 1.89. The van der Waals surface area contributed by atoms with Crippen LogP contribution in [0.5, 0.6) is 0 Å². The number of aromatic carboxylic acids is 1. The Morgan fingerprint density at radius 3 is 2.78 bits per heavy atom. The number of thiazole rings is 1. The molecule has 0 aliphatic carbocycles. The van der Waals surface area contributed by atoms with E-state index in [4.69, 9.17) is 9.52 Å². The number of carboxylic acid groups (broad SMARTS) is 1. The summed E-state index contributed by atoms with van der Waals surface area (Å²) in [6, 6.07) is 1.91. The van der Waals surface area contributed by atoms with E-state index in [9.17, 15) is 4.79 Å². The van der Waals surface area contributed by atoms with Crippen LogP contribution >= 0.6 is 11.3 Å². The molecule has 2 aromatic rings. The fourth-order valence-electron chi connectivity index (χ4n) is 1.64. The van der Waals surface area contributed by atoms with Crippen LogP contribution in [0.4, 0.5) is 5.13 Å². The SMILES string of the molecule is Cc1nc(N(C)Cc2ccoc2C)sc1C(=O)O. The van der Waals surface area contributed by atoms with E-state index in [0.717, 1.165) is 11.3 Å². The van der Waals surface area contributed by atoms with E-state index in [2.05, 4.69) is 4.98 Å². The molecule has 1 N–H and O–H groups in total. The normalized spacial score (nSPS) is 10.6. The molecule has 0 saturated carbocycles. The first-order valence-electron chi connectivity index (χ1n) is 5.44. The van der Waals surface area contributed by atoms with Crippen molar-refractivity contribution in [2.45, 2.75) is 20.4 Å². The van der Waals surface area contributed by atoms with Gasteiger partial charge in [0.1, 0.15) is 10.6 Å². The molecule has 0 aliphatic rings. The number of anilines is 1. The lowest BCUT2D eigenvalue weighted by Gasteiger charge is -2.14. The van der Waals surface area contributed by atoms with E-state index in [-0.39, 0.29) is 0 Å². The first-order valence-corrected chi connectivity index (χ1v) is 6.25. The van der Waals surface area contributed by atoms with Crippen molar-refractivity contribution in [1.29, 1.82) is 0 Å². The van der Waals surface area contributed by atoms with Crippen molar-refractivity contribution in [3.63, 3.8) is 0 Å². The Kier molecular flexibility index (Phi) is 3.38. The maximum absolute atomic E-state index is 11.0. The van der Waals surface area contributed by atoms with E-state index in [1.54, 1.807) is 13.2 Å². The van der Waals surface area contributed by atoms with Gasteiger partial charge in [-0.15, -0.1) is 0 Å². The number of carbonyl (C=O) groups is 1. The monoisotopic (exact) mass is 266 g/mol. The predicted molar refractivity (Wildman–Crippen MR) is 69.4 cm³/mol. The average Bonchev–Trinajstić information content (AvgIpc) is 2.86. The Morgan fingerprint density at radius 1 is 1.56 bits per heavy atom. The molecule has 18 heavy (non-hydrogen) atoms. The van der Waals surface area contributed by atoms with Crippen LogP contribution in [0.3, 0.4) is 0 Å². The van der Waals surface area contributed by atoms with Crippen molar-refractivity contribution < 1.29 is 14.3 Å². The number of nitrogens with zero attached hydrogens (tertiary/aromatic N) is 2. The molecule has 0 radical (unpaired) electrons. The number of rotatable bonds is 4. The van der Waals surface area contributed by atoms with E-state index in [0.29, 0.717) is 22.2 Å². The Labute approximate surface area is 109 Å². The van der Waals surface area contributed by atoms with Gasteiger partial charge in [0.2, 0.25) is 0 Å². The van der Waals surface area contributed by atoms with Gasteiger partial charge in [-0.2, -0.15) is 0 Å². The highest BCUT2D eigenvalue weighted by Crippen LogP contribution is 2.26. The second-order valence-electron chi connectivity index (χ2n) is 4.07. The highest BCUT2D eigenvalue weighted by Gasteiger charge is 2.17. The lowest BCUT2D eigenvalue weighted by Crippen LogP contribution is -2.16. The van der Waals surface area contributed by atoms with Gasteiger partial charge in [0.05, 0.1) is 12.0 Å². The van der Waals surface area contributed by atoms with Crippen molar-refractivity contribution in [3.05, 3.63) is 34.2 Å². The van der Waals surface area contributed by atoms with Gasteiger partial charge in [0.15, 0.2) is 5.13 Å². The molecule has 0 fully saturated rings. The summed E-state index contributed by atoms with van der Waals surface area (Å²) in [5.41, 5.74) is 1.63. The number of hydrogen-bond donors (Lipinski definition) is 1. The lowest BCUT2D eigenvalue weighted by atomic mass is 10.2. The molecule has 2 aromatic heterocycles. The quantitative estimate of drug-likeness (QED) is 0.921. The van der Waals surface area contributed by atoms with Gasteiger partial charge in [0.25, 0.3) is 0 Å². The number of aryl methyl sites for hydroxylation is 2. The summed E-state index contributed by atoms with van der Waals surface area (Å²) in [4.78, 5) is 17.5. The molecule has 96 valence electrons. The van der Waals surface area contributed by atoms with E-state index in [1.165, 1.54) is 11.3 Å². The lowest BCUT2D eigenvalue weighted by molar-refractivity contribution is 0.0701. The molecule has 0 amide bonds. The topological polar surface area (TPSA) is 66.6 Å². The summed E-state index contributed by atoms with van der Waals surface area (Å²) in [5.74, 6) is -0.0577. The number of aromatic nitrogens is 1. The molecule has 0 saturated heterocycles. The summed E-state index contributed by atoms with van der Waals surface area (Å²) in [6.07, 6.45) is 1.65. The van der Waals surface area contributed by atoms with Crippen molar-refractivity contribution in [3.8, 4) is 0 Å². The smallest absolute Gasteiger partial charge is 0.347 e. The Balaban J connectivity index is 2.19. The predicted octanol–water partition coefficient (Wildman–Crippen LogP) is 2.69. The molecule has 2 heterocycles. The Bertz CT molecular complexity index is 574. The minimum atomic E-state index is -0.927. The van der Waals surface area contributed by atoms with Gasteiger partial charge in [-0.1, -0.05) is 11.3 Å². The van der Waals surface area contributed by atoms with Crippen LogP contribution in [0, 0.1) is 13.8 Å². The maximum atomic E-state index is 11.0. The Morgan fingerprint density at radius 2 is 2.28 bits per heavy atom. The summed E-state index contributed by atoms with van der Waals surface area (Å²) < 4.78 is 5.23. The summed E-state index contributed by atoms with van der Waals surface area (Å²) in [6.45, 7) is 4.26. The minimum Gasteiger partial charge on any atom is -0.477 e. The second-order valence-corrected chi connectivity index (χ2v) is 5.05. The molecule has 0 spiro atoms. The van der Waals surface area contributed by atoms with Crippen LogP contribution in [0.2, 0.25) is 0 Å². The first kappa shape index (κ1) is 12.6. The molecule has 6 heteroatoms. The van der Waals surface area contributed by atoms with Crippen molar-refractivity contribution in [2.75, 3.05) is 11.9 Å². The standard InChI is InChI=1S/C12H14N2O3S/c1-7-10(11(15)16)18-12(13-7)14(3)6-9-4-5-17-8(9)2/h4-5H,6H2,1-3H3,(H,15,16). The van der Waals surface area contributed by atoms with E-state index >= 15 is 0 Å².